The Kier molecular flexibility index (Phi) is 7.87. The predicted molar refractivity (Wildman–Crippen MR) is 120 cm³/mol. The maximum atomic E-state index is 12.3. The Morgan fingerprint density at radius 2 is 1.83 bits per heavy atom. The zero-order valence-electron chi connectivity index (χ0n) is 16.9. The molecule has 30 heavy (non-hydrogen) atoms. The summed E-state index contributed by atoms with van der Waals surface area (Å²) in [4.78, 5) is 12.3. The summed E-state index contributed by atoms with van der Waals surface area (Å²) in [5, 5.41) is 2.80. The number of ether oxygens (including phenoxy) is 2. The minimum Gasteiger partial charge on any atom is -0.486 e. The molecule has 0 fully saturated rings. The van der Waals surface area contributed by atoms with Crippen molar-refractivity contribution in [2.45, 2.75) is 12.2 Å². The number of benzene rings is 2. The molecule has 1 N–H and O–H groups in total. The molecular weight excluding hydrogens is 424 g/mol. The van der Waals surface area contributed by atoms with E-state index < -0.39 is 10.0 Å². The molecule has 0 unspecified atom stereocenters. The van der Waals surface area contributed by atoms with Crippen molar-refractivity contribution in [3.05, 3.63) is 54.1 Å². The lowest BCUT2D eigenvalue weighted by molar-refractivity contribution is -0.119. The van der Waals surface area contributed by atoms with Crippen LogP contribution >= 0.6 is 11.8 Å². The third kappa shape index (κ3) is 6.56. The number of rotatable bonds is 10. The number of carbonyl (C=O) groups excluding carboxylic acids is 1. The minimum atomic E-state index is -3.64. The number of fused-ring (bicyclic) bond motifs is 1. The van der Waals surface area contributed by atoms with Crippen molar-refractivity contribution in [3.63, 3.8) is 0 Å². The highest BCUT2D eigenvalue weighted by Gasteiger charge is 2.23. The van der Waals surface area contributed by atoms with E-state index in [9.17, 15) is 13.2 Å². The highest BCUT2D eigenvalue weighted by molar-refractivity contribution is 7.98. The van der Waals surface area contributed by atoms with Crippen molar-refractivity contribution in [1.29, 1.82) is 0 Å². The first-order chi connectivity index (χ1) is 14.4. The minimum absolute atomic E-state index is 0.282. The van der Waals surface area contributed by atoms with E-state index in [0.29, 0.717) is 36.9 Å². The Bertz CT molecular complexity index is 951. The van der Waals surface area contributed by atoms with Gasteiger partial charge in [0.2, 0.25) is 15.9 Å². The second-order valence-corrected chi connectivity index (χ2v) is 9.85. The van der Waals surface area contributed by atoms with E-state index in [1.165, 1.54) is 5.56 Å². The summed E-state index contributed by atoms with van der Waals surface area (Å²) in [5.41, 5.74) is 1.64. The van der Waals surface area contributed by atoms with Gasteiger partial charge in [0, 0.05) is 18.4 Å². The molecule has 9 heteroatoms. The molecule has 1 heterocycles. The van der Waals surface area contributed by atoms with Crippen LogP contribution in [0.15, 0.2) is 48.5 Å². The molecule has 0 radical (unpaired) electrons. The van der Waals surface area contributed by atoms with Crippen molar-refractivity contribution in [2.24, 2.45) is 0 Å². The van der Waals surface area contributed by atoms with Gasteiger partial charge in [0.05, 0.1) is 11.9 Å². The highest BCUT2D eigenvalue weighted by atomic mass is 32.2. The molecule has 2 aromatic carbocycles. The summed E-state index contributed by atoms with van der Waals surface area (Å²) in [7, 11) is -3.64. The van der Waals surface area contributed by atoms with Crippen LogP contribution in [0.1, 0.15) is 12.0 Å². The molecule has 1 aliphatic rings. The Morgan fingerprint density at radius 1 is 1.10 bits per heavy atom. The Morgan fingerprint density at radius 3 is 2.57 bits per heavy atom. The summed E-state index contributed by atoms with van der Waals surface area (Å²) in [6.07, 6.45) is 1.89. The molecule has 0 spiro atoms. The highest BCUT2D eigenvalue weighted by Crippen LogP contribution is 2.34. The van der Waals surface area contributed by atoms with Gasteiger partial charge in [0.25, 0.3) is 0 Å². The number of thioether (sulfide) groups is 1. The summed E-state index contributed by atoms with van der Waals surface area (Å²) in [6.45, 7) is 1.07. The molecule has 7 nitrogen and oxygen atoms in total. The van der Waals surface area contributed by atoms with E-state index in [1.807, 2.05) is 18.2 Å². The SMILES string of the molecule is CS(=O)(=O)N(CC(=O)NCCCSCc1ccccc1)c1ccc2c(c1)OCCO2. The van der Waals surface area contributed by atoms with Gasteiger partial charge in [-0.2, -0.15) is 11.8 Å². The fraction of sp³-hybridized carbons (Fsp3) is 0.381. The zero-order chi connectivity index (χ0) is 21.4. The van der Waals surface area contributed by atoms with E-state index in [1.54, 1.807) is 30.0 Å². The normalized spacial score (nSPS) is 13.0. The van der Waals surface area contributed by atoms with E-state index in [2.05, 4.69) is 17.4 Å². The summed E-state index contributed by atoms with van der Waals surface area (Å²) < 4.78 is 36.6. The maximum Gasteiger partial charge on any atom is 0.240 e. The number of sulfonamides is 1. The van der Waals surface area contributed by atoms with Crippen LogP contribution in [-0.2, 0) is 20.6 Å². The molecule has 1 amide bonds. The van der Waals surface area contributed by atoms with Crippen molar-refractivity contribution < 1.29 is 22.7 Å². The number of hydrogen-bond acceptors (Lipinski definition) is 6. The topological polar surface area (TPSA) is 84.9 Å². The van der Waals surface area contributed by atoms with Crippen LogP contribution in [0, 0.1) is 0 Å². The standard InChI is InChI=1S/C21H26N2O5S2/c1-30(25,26)23(18-8-9-19-20(14-18)28-12-11-27-19)15-21(24)22-10-5-13-29-16-17-6-3-2-4-7-17/h2-4,6-9,14H,5,10-13,15-16H2,1H3,(H,22,24). The van der Waals surface area contributed by atoms with Crippen LogP contribution in [0.3, 0.4) is 0 Å². The molecule has 0 atom stereocenters. The van der Waals surface area contributed by atoms with Gasteiger partial charge >= 0.3 is 0 Å². The zero-order valence-corrected chi connectivity index (χ0v) is 18.5. The van der Waals surface area contributed by atoms with Crippen LogP contribution in [0.4, 0.5) is 5.69 Å². The van der Waals surface area contributed by atoms with E-state index in [0.717, 1.165) is 28.5 Å². The third-order valence-electron chi connectivity index (χ3n) is 4.40. The predicted octanol–water partition coefficient (Wildman–Crippen LogP) is 2.66. The number of hydrogen-bond donors (Lipinski definition) is 1. The quantitative estimate of drug-likeness (QED) is 0.560. The summed E-state index contributed by atoms with van der Waals surface area (Å²) in [6, 6.07) is 15.1. The molecule has 0 bridgehead atoms. The molecule has 0 saturated heterocycles. The lowest BCUT2D eigenvalue weighted by atomic mass is 10.2. The van der Waals surface area contributed by atoms with Gasteiger partial charge in [-0.15, -0.1) is 0 Å². The summed E-state index contributed by atoms with van der Waals surface area (Å²) >= 11 is 1.80. The van der Waals surface area contributed by atoms with Gasteiger partial charge in [-0.05, 0) is 29.9 Å². The molecule has 0 aliphatic carbocycles. The fourth-order valence-corrected chi connectivity index (χ4v) is 4.71. The first-order valence-electron chi connectivity index (χ1n) is 9.69. The van der Waals surface area contributed by atoms with Gasteiger partial charge in [0.15, 0.2) is 11.5 Å². The van der Waals surface area contributed by atoms with Gasteiger partial charge < -0.3 is 14.8 Å². The van der Waals surface area contributed by atoms with Crippen molar-refractivity contribution in [1.82, 2.24) is 5.32 Å². The lowest BCUT2D eigenvalue weighted by Crippen LogP contribution is -2.40. The van der Waals surface area contributed by atoms with Crippen LogP contribution < -0.4 is 19.1 Å². The first-order valence-corrected chi connectivity index (χ1v) is 12.7. The van der Waals surface area contributed by atoms with Crippen LogP contribution in [0.2, 0.25) is 0 Å². The van der Waals surface area contributed by atoms with Crippen LogP contribution in [0.5, 0.6) is 11.5 Å². The van der Waals surface area contributed by atoms with Gasteiger partial charge in [0.1, 0.15) is 19.8 Å². The molecule has 2 aromatic rings. The maximum absolute atomic E-state index is 12.3. The fourth-order valence-electron chi connectivity index (χ4n) is 2.94. The van der Waals surface area contributed by atoms with Gasteiger partial charge in [-0.1, -0.05) is 30.3 Å². The number of nitrogens with one attached hydrogen (secondary N) is 1. The van der Waals surface area contributed by atoms with Gasteiger partial charge in [-0.25, -0.2) is 8.42 Å². The molecule has 3 rings (SSSR count). The van der Waals surface area contributed by atoms with E-state index in [-0.39, 0.29) is 12.5 Å². The number of nitrogens with zero attached hydrogens (tertiary/aromatic N) is 1. The smallest absolute Gasteiger partial charge is 0.240 e. The monoisotopic (exact) mass is 450 g/mol. The average molecular weight is 451 g/mol. The second-order valence-electron chi connectivity index (χ2n) is 6.84. The average Bonchev–Trinajstić information content (AvgIpc) is 2.74. The van der Waals surface area contributed by atoms with Crippen LogP contribution in [0.25, 0.3) is 0 Å². The van der Waals surface area contributed by atoms with Crippen molar-refractivity contribution in [3.8, 4) is 11.5 Å². The molecule has 1 aliphatic heterocycles. The third-order valence-corrected chi connectivity index (χ3v) is 6.66. The lowest BCUT2D eigenvalue weighted by Gasteiger charge is -2.24. The number of amides is 1. The Hall–Kier alpha value is -2.39. The van der Waals surface area contributed by atoms with E-state index in [4.69, 9.17) is 9.47 Å². The van der Waals surface area contributed by atoms with E-state index >= 15 is 0 Å². The van der Waals surface area contributed by atoms with Crippen molar-refractivity contribution >= 4 is 33.4 Å². The van der Waals surface area contributed by atoms with Crippen LogP contribution in [-0.4, -0.2) is 52.6 Å². The molecule has 162 valence electrons. The van der Waals surface area contributed by atoms with Crippen molar-refractivity contribution in [2.75, 3.05) is 42.6 Å². The molecular formula is C21H26N2O5S2. The van der Waals surface area contributed by atoms with Gasteiger partial charge in [-0.3, -0.25) is 9.10 Å². The molecule has 0 aromatic heterocycles. The number of anilines is 1. The molecule has 0 saturated carbocycles. The Labute approximate surface area is 181 Å². The Balaban J connectivity index is 1.47. The number of carbonyl (C=O) groups is 1. The second kappa shape index (κ2) is 10.6. The largest absolute Gasteiger partial charge is 0.486 e. The first kappa shape index (κ1) is 22.3. The summed E-state index contributed by atoms with van der Waals surface area (Å²) in [5.74, 6) is 2.54.